The van der Waals surface area contributed by atoms with Crippen LogP contribution in [0.1, 0.15) is 5.56 Å². The highest BCUT2D eigenvalue weighted by Crippen LogP contribution is 2.38. The maximum Gasteiger partial charge on any atom is 0.415 e. The number of nitrogens with zero attached hydrogens (tertiary/aromatic N) is 2. The van der Waals surface area contributed by atoms with Crippen molar-refractivity contribution in [2.45, 2.75) is 12.6 Å². The van der Waals surface area contributed by atoms with E-state index in [0.717, 1.165) is 5.56 Å². The third kappa shape index (κ3) is 2.91. The largest absolute Gasteiger partial charge is 0.441 e. The van der Waals surface area contributed by atoms with Gasteiger partial charge in [-0.05, 0) is 5.38 Å². The van der Waals surface area contributed by atoms with Gasteiger partial charge in [0.2, 0.25) is 5.91 Å². The van der Waals surface area contributed by atoms with Gasteiger partial charge in [0.15, 0.2) is 0 Å². The summed E-state index contributed by atoms with van der Waals surface area (Å²) in [5, 5.41) is 11.9. The standard InChI is InChI=1S/C13H15ClN2O5S/c14-11-8(3-15-1-2-20-6-10(15)18)7-22-12(11)16-4-9(5-17)21-13(16)19/h7,9,17H,1-6H2/t9-/m1/s1. The Bertz CT molecular complexity index is 593. The number of aliphatic hydroxyl groups is 1. The number of thiophene rings is 1. The number of anilines is 1. The summed E-state index contributed by atoms with van der Waals surface area (Å²) in [7, 11) is 0. The van der Waals surface area contributed by atoms with Crippen molar-refractivity contribution in [1.29, 1.82) is 0 Å². The lowest BCUT2D eigenvalue weighted by Gasteiger charge is -2.26. The van der Waals surface area contributed by atoms with Crippen molar-refractivity contribution >= 4 is 39.9 Å². The molecule has 0 saturated carbocycles. The van der Waals surface area contributed by atoms with Crippen LogP contribution in [-0.4, -0.2) is 61.0 Å². The molecule has 2 saturated heterocycles. The number of rotatable bonds is 4. The molecule has 7 nitrogen and oxygen atoms in total. The molecule has 2 amide bonds. The third-order valence-electron chi connectivity index (χ3n) is 3.55. The lowest BCUT2D eigenvalue weighted by Crippen LogP contribution is -2.40. The van der Waals surface area contributed by atoms with Gasteiger partial charge in [-0.1, -0.05) is 11.6 Å². The summed E-state index contributed by atoms with van der Waals surface area (Å²) >= 11 is 7.68. The van der Waals surface area contributed by atoms with Crippen molar-refractivity contribution < 1.29 is 24.2 Å². The molecule has 0 spiro atoms. The van der Waals surface area contributed by atoms with Crippen LogP contribution in [0.5, 0.6) is 0 Å². The molecule has 1 atom stereocenters. The zero-order chi connectivity index (χ0) is 15.7. The number of halogens is 1. The molecule has 2 aliphatic rings. The predicted octanol–water partition coefficient (Wildman–Crippen LogP) is 1.08. The minimum atomic E-state index is -0.532. The zero-order valence-corrected chi connectivity index (χ0v) is 13.2. The number of hydrogen-bond donors (Lipinski definition) is 1. The van der Waals surface area contributed by atoms with E-state index in [1.807, 2.05) is 5.38 Å². The molecule has 1 aromatic rings. The Kier molecular flexibility index (Phi) is 4.53. The summed E-state index contributed by atoms with van der Waals surface area (Å²) in [6, 6.07) is 0. The molecule has 1 N–H and O–H groups in total. The first-order valence-corrected chi connectivity index (χ1v) is 8.06. The number of carbonyl (C=O) groups excluding carboxylic acids is 2. The van der Waals surface area contributed by atoms with Gasteiger partial charge in [0.05, 0.1) is 24.8 Å². The van der Waals surface area contributed by atoms with E-state index in [1.54, 1.807) is 4.90 Å². The van der Waals surface area contributed by atoms with Crippen LogP contribution in [0.15, 0.2) is 5.38 Å². The lowest BCUT2D eigenvalue weighted by molar-refractivity contribution is -0.143. The number of amides is 2. The molecule has 0 aliphatic carbocycles. The van der Waals surface area contributed by atoms with Gasteiger partial charge in [-0.3, -0.25) is 9.69 Å². The summed E-state index contributed by atoms with van der Waals surface area (Å²) in [6.45, 7) is 1.57. The van der Waals surface area contributed by atoms with E-state index in [4.69, 9.17) is 26.2 Å². The smallest absolute Gasteiger partial charge is 0.415 e. The molecule has 1 aromatic heterocycles. The predicted molar refractivity (Wildman–Crippen MR) is 80.3 cm³/mol. The van der Waals surface area contributed by atoms with Gasteiger partial charge >= 0.3 is 6.09 Å². The summed E-state index contributed by atoms with van der Waals surface area (Å²) in [6.07, 6.45) is -1.05. The molecular formula is C13H15ClN2O5S. The molecule has 22 heavy (non-hydrogen) atoms. The van der Waals surface area contributed by atoms with E-state index < -0.39 is 12.2 Å². The molecule has 0 unspecified atom stereocenters. The molecule has 2 fully saturated rings. The van der Waals surface area contributed by atoms with Crippen LogP contribution < -0.4 is 4.90 Å². The van der Waals surface area contributed by atoms with Crippen molar-refractivity contribution in [3.8, 4) is 0 Å². The first kappa shape index (κ1) is 15.5. The maximum atomic E-state index is 11.8. The molecule has 0 radical (unpaired) electrons. The van der Waals surface area contributed by atoms with Gasteiger partial charge in [-0.25, -0.2) is 4.79 Å². The monoisotopic (exact) mass is 346 g/mol. The number of aliphatic hydroxyl groups excluding tert-OH is 1. The quantitative estimate of drug-likeness (QED) is 0.882. The van der Waals surface area contributed by atoms with E-state index in [0.29, 0.717) is 29.7 Å². The van der Waals surface area contributed by atoms with E-state index >= 15 is 0 Å². The molecule has 3 rings (SSSR count). The molecule has 3 heterocycles. The fourth-order valence-electron chi connectivity index (χ4n) is 2.36. The number of morpholine rings is 1. The van der Waals surface area contributed by atoms with E-state index in [9.17, 15) is 9.59 Å². The summed E-state index contributed by atoms with van der Waals surface area (Å²) < 4.78 is 10.1. The van der Waals surface area contributed by atoms with E-state index in [1.165, 1.54) is 16.2 Å². The fourth-order valence-corrected chi connectivity index (χ4v) is 3.73. The van der Waals surface area contributed by atoms with Gasteiger partial charge in [0.25, 0.3) is 0 Å². The van der Waals surface area contributed by atoms with Crippen molar-refractivity contribution in [2.24, 2.45) is 0 Å². The number of carbonyl (C=O) groups is 2. The fraction of sp³-hybridized carbons (Fsp3) is 0.538. The maximum absolute atomic E-state index is 11.8. The molecular weight excluding hydrogens is 332 g/mol. The number of cyclic esters (lactones) is 1. The van der Waals surface area contributed by atoms with Crippen molar-refractivity contribution in [3.63, 3.8) is 0 Å². The molecule has 2 aliphatic heterocycles. The first-order valence-electron chi connectivity index (χ1n) is 6.80. The Hall–Kier alpha value is -1.35. The average Bonchev–Trinajstić information content (AvgIpc) is 3.05. The highest BCUT2D eigenvalue weighted by Gasteiger charge is 2.34. The Morgan fingerprint density at radius 2 is 2.27 bits per heavy atom. The van der Waals surface area contributed by atoms with Crippen LogP contribution in [0, 0.1) is 0 Å². The van der Waals surface area contributed by atoms with Gasteiger partial charge in [0.1, 0.15) is 17.7 Å². The highest BCUT2D eigenvalue weighted by molar-refractivity contribution is 7.15. The highest BCUT2D eigenvalue weighted by atomic mass is 35.5. The molecule has 120 valence electrons. The third-order valence-corrected chi connectivity index (χ3v) is 5.13. The SMILES string of the molecule is O=C1COCCN1Cc1csc(N2C[C@H](CO)OC2=O)c1Cl. The Balaban J connectivity index is 1.74. The minimum Gasteiger partial charge on any atom is -0.441 e. The van der Waals surface area contributed by atoms with Crippen LogP contribution in [0.2, 0.25) is 5.02 Å². The van der Waals surface area contributed by atoms with Crippen LogP contribution in [0.25, 0.3) is 0 Å². The van der Waals surface area contributed by atoms with Crippen LogP contribution >= 0.6 is 22.9 Å². The van der Waals surface area contributed by atoms with Crippen molar-refractivity contribution in [3.05, 3.63) is 16.0 Å². The number of ether oxygens (including phenoxy) is 2. The van der Waals surface area contributed by atoms with Crippen LogP contribution in [0.3, 0.4) is 0 Å². The second-order valence-corrected chi connectivity index (χ2v) is 6.28. The van der Waals surface area contributed by atoms with Gasteiger partial charge in [-0.15, -0.1) is 11.3 Å². The molecule has 9 heteroatoms. The van der Waals surface area contributed by atoms with E-state index in [2.05, 4.69) is 0 Å². The summed E-state index contributed by atoms with van der Waals surface area (Å²) in [5.41, 5.74) is 0.789. The van der Waals surface area contributed by atoms with Gasteiger partial charge in [0, 0.05) is 18.7 Å². The topological polar surface area (TPSA) is 79.3 Å². The number of hydrogen-bond acceptors (Lipinski definition) is 6. The average molecular weight is 347 g/mol. The Labute approximate surface area is 136 Å². The van der Waals surface area contributed by atoms with Crippen LogP contribution in [0.4, 0.5) is 9.80 Å². The second kappa shape index (κ2) is 6.41. The van der Waals surface area contributed by atoms with Crippen LogP contribution in [-0.2, 0) is 20.8 Å². The normalized spacial score (nSPS) is 22.4. The van der Waals surface area contributed by atoms with Gasteiger partial charge in [-0.2, -0.15) is 0 Å². The minimum absolute atomic E-state index is 0.0732. The second-order valence-electron chi connectivity index (χ2n) is 5.05. The van der Waals surface area contributed by atoms with Gasteiger partial charge < -0.3 is 19.5 Å². The van der Waals surface area contributed by atoms with Crippen molar-refractivity contribution in [2.75, 3.05) is 37.8 Å². The lowest BCUT2D eigenvalue weighted by atomic mass is 10.2. The van der Waals surface area contributed by atoms with Crippen molar-refractivity contribution in [1.82, 2.24) is 4.90 Å². The first-order chi connectivity index (χ1) is 10.6. The molecule has 0 bridgehead atoms. The summed E-state index contributed by atoms with van der Waals surface area (Å²) in [4.78, 5) is 26.7. The summed E-state index contributed by atoms with van der Waals surface area (Å²) in [5.74, 6) is -0.0732. The Morgan fingerprint density at radius 1 is 1.45 bits per heavy atom. The Morgan fingerprint density at radius 3 is 2.95 bits per heavy atom. The van der Waals surface area contributed by atoms with E-state index in [-0.39, 0.29) is 25.7 Å². The molecule has 0 aromatic carbocycles. The zero-order valence-electron chi connectivity index (χ0n) is 11.7.